The van der Waals surface area contributed by atoms with E-state index in [0.29, 0.717) is 24.9 Å². The third-order valence-electron chi connectivity index (χ3n) is 8.07. The highest BCUT2D eigenvalue weighted by Gasteiger charge is 2.40. The lowest BCUT2D eigenvalue weighted by atomic mass is 9.82. The van der Waals surface area contributed by atoms with Gasteiger partial charge < -0.3 is 10.6 Å². The molecule has 2 aliphatic heterocycles. The minimum absolute atomic E-state index is 0.00118. The molecule has 2 saturated heterocycles. The molecule has 5 nitrogen and oxygen atoms in total. The van der Waals surface area contributed by atoms with Gasteiger partial charge in [0.2, 0.25) is 5.91 Å². The van der Waals surface area contributed by atoms with Crippen LogP contribution in [-0.4, -0.2) is 72.3 Å². The topological polar surface area (TPSA) is 52.8 Å². The second-order valence-electron chi connectivity index (χ2n) is 11.5. The second kappa shape index (κ2) is 12.1. The lowest BCUT2D eigenvalue weighted by Gasteiger charge is -2.50. The summed E-state index contributed by atoms with van der Waals surface area (Å²) in [6, 6.07) is 20.2. The van der Waals surface area contributed by atoms with Crippen LogP contribution in [0.1, 0.15) is 57.2 Å². The van der Waals surface area contributed by atoms with Gasteiger partial charge in [-0.25, -0.2) is 0 Å². The van der Waals surface area contributed by atoms with E-state index in [9.17, 15) is 4.79 Å². The fourth-order valence-electron chi connectivity index (χ4n) is 5.85. The van der Waals surface area contributed by atoms with Gasteiger partial charge in [0.25, 0.3) is 0 Å². The van der Waals surface area contributed by atoms with Gasteiger partial charge in [0.15, 0.2) is 0 Å². The summed E-state index contributed by atoms with van der Waals surface area (Å²) < 4.78 is 0. The van der Waals surface area contributed by atoms with Crippen LogP contribution in [0.2, 0.25) is 0 Å². The molecular weight excluding hydrogens is 464 g/mol. The fraction of sp³-hybridized carbons (Fsp3) is 0.567. The number of likely N-dealkylation sites (tertiary alicyclic amines) is 1. The van der Waals surface area contributed by atoms with Gasteiger partial charge >= 0.3 is 0 Å². The maximum atomic E-state index is 13.6. The fourth-order valence-corrected chi connectivity index (χ4v) is 6.26. The van der Waals surface area contributed by atoms with Crippen LogP contribution < -0.4 is 5.73 Å². The summed E-state index contributed by atoms with van der Waals surface area (Å²) in [6.07, 6.45) is 4.94. The highest BCUT2D eigenvalue weighted by molar-refractivity contribution is 7.98. The normalized spacial score (nSPS) is 21.5. The van der Waals surface area contributed by atoms with Crippen molar-refractivity contribution in [2.24, 2.45) is 17.1 Å². The Balaban J connectivity index is 1.53. The molecule has 0 spiro atoms. The van der Waals surface area contributed by atoms with Crippen LogP contribution in [0.5, 0.6) is 0 Å². The molecule has 0 radical (unpaired) electrons. The molecule has 0 bridgehead atoms. The van der Waals surface area contributed by atoms with E-state index in [2.05, 4.69) is 96.3 Å². The van der Waals surface area contributed by atoms with Crippen LogP contribution >= 0.6 is 11.8 Å². The Hall–Kier alpha value is -1.86. The third kappa shape index (κ3) is 6.52. The van der Waals surface area contributed by atoms with Gasteiger partial charge in [-0.3, -0.25) is 14.6 Å². The van der Waals surface area contributed by atoms with Crippen LogP contribution in [0.15, 0.2) is 59.5 Å². The molecular formula is C30H44N4OS. The molecule has 0 aromatic heterocycles. The van der Waals surface area contributed by atoms with E-state index >= 15 is 0 Å². The minimum atomic E-state index is 0.00118. The Morgan fingerprint density at radius 3 is 2.19 bits per heavy atom. The van der Waals surface area contributed by atoms with Crippen LogP contribution in [-0.2, 0) is 4.79 Å². The number of carbonyl (C=O) groups excluding carboxylic acids is 1. The molecule has 2 aromatic rings. The molecule has 2 N–H and O–H groups in total. The van der Waals surface area contributed by atoms with Crippen molar-refractivity contribution in [3.8, 4) is 0 Å². The molecule has 2 fully saturated rings. The van der Waals surface area contributed by atoms with Gasteiger partial charge in [-0.05, 0) is 66.8 Å². The maximum absolute atomic E-state index is 13.6. The number of hydrogen-bond acceptors (Lipinski definition) is 5. The number of nitrogens with two attached hydrogens (primary N) is 1. The van der Waals surface area contributed by atoms with Crippen LogP contribution in [0, 0.1) is 11.3 Å². The smallest absolute Gasteiger partial charge is 0.223 e. The molecule has 196 valence electrons. The molecule has 4 rings (SSSR count). The number of amides is 1. The first-order chi connectivity index (χ1) is 17.3. The molecule has 2 aliphatic rings. The van der Waals surface area contributed by atoms with E-state index in [-0.39, 0.29) is 17.5 Å². The van der Waals surface area contributed by atoms with Gasteiger partial charge in [0.1, 0.15) is 0 Å². The van der Waals surface area contributed by atoms with Gasteiger partial charge in [0.05, 0.1) is 6.04 Å². The number of thioether (sulfide) groups is 1. The summed E-state index contributed by atoms with van der Waals surface area (Å²) >= 11 is 1.78. The van der Waals surface area contributed by atoms with Crippen molar-refractivity contribution in [2.75, 3.05) is 45.6 Å². The quantitative estimate of drug-likeness (QED) is 0.529. The standard InChI is InChI=1S/C30H44N4OS/c1-30(2,3)27-21-33(18-19-34(27)28(35)20-23-14-16-32(22-31)17-15-23)29(24-8-6-5-7-9-24)25-10-12-26(36-4)13-11-25/h5-13,23,27,29H,14-22,31H2,1-4H3/t27-,29?/m1/s1. The molecule has 1 amide bonds. The zero-order valence-corrected chi connectivity index (χ0v) is 23.3. The number of piperidine rings is 1. The number of piperazine rings is 1. The molecule has 36 heavy (non-hydrogen) atoms. The first kappa shape index (κ1) is 27.2. The van der Waals surface area contributed by atoms with E-state index in [1.165, 1.54) is 16.0 Å². The van der Waals surface area contributed by atoms with Crippen LogP contribution in [0.25, 0.3) is 0 Å². The average Bonchev–Trinajstić information content (AvgIpc) is 2.90. The summed E-state index contributed by atoms with van der Waals surface area (Å²) in [7, 11) is 0. The van der Waals surface area contributed by atoms with Crippen molar-refractivity contribution in [1.29, 1.82) is 0 Å². The summed E-state index contributed by atoms with van der Waals surface area (Å²) in [6.45, 7) is 12.0. The molecule has 2 aromatic carbocycles. The van der Waals surface area contributed by atoms with Crippen LogP contribution in [0.4, 0.5) is 0 Å². The Morgan fingerprint density at radius 1 is 0.972 bits per heavy atom. The summed E-state index contributed by atoms with van der Waals surface area (Å²) in [5, 5.41) is 0. The second-order valence-corrected chi connectivity index (χ2v) is 12.4. The number of hydrogen-bond donors (Lipinski definition) is 1. The number of carbonyl (C=O) groups is 1. The van der Waals surface area contributed by atoms with Gasteiger partial charge in [-0.15, -0.1) is 11.8 Å². The first-order valence-corrected chi connectivity index (χ1v) is 14.7. The van der Waals surface area contributed by atoms with Crippen molar-refractivity contribution in [2.45, 2.75) is 57.0 Å². The highest BCUT2D eigenvalue weighted by Crippen LogP contribution is 2.36. The number of benzene rings is 2. The van der Waals surface area contributed by atoms with E-state index in [1.54, 1.807) is 11.8 Å². The number of nitrogens with zero attached hydrogens (tertiary/aromatic N) is 3. The first-order valence-electron chi connectivity index (χ1n) is 13.4. The zero-order valence-electron chi connectivity index (χ0n) is 22.5. The lowest BCUT2D eigenvalue weighted by molar-refractivity contribution is -0.141. The molecule has 2 heterocycles. The van der Waals surface area contributed by atoms with Crippen molar-refractivity contribution in [3.05, 3.63) is 65.7 Å². The molecule has 6 heteroatoms. The average molecular weight is 509 g/mol. The Morgan fingerprint density at radius 2 is 1.61 bits per heavy atom. The largest absolute Gasteiger partial charge is 0.337 e. The van der Waals surface area contributed by atoms with Gasteiger partial charge in [-0.1, -0.05) is 63.2 Å². The monoisotopic (exact) mass is 508 g/mol. The molecule has 0 saturated carbocycles. The van der Waals surface area contributed by atoms with Crippen LogP contribution in [0.3, 0.4) is 0 Å². The summed E-state index contributed by atoms with van der Waals surface area (Å²) in [4.78, 5) is 22.0. The van der Waals surface area contributed by atoms with Gasteiger partial charge in [0, 0.05) is 43.7 Å². The predicted molar refractivity (Wildman–Crippen MR) is 151 cm³/mol. The van der Waals surface area contributed by atoms with E-state index in [1.807, 2.05) is 0 Å². The van der Waals surface area contributed by atoms with Gasteiger partial charge in [-0.2, -0.15) is 0 Å². The van der Waals surface area contributed by atoms with Crippen molar-refractivity contribution in [1.82, 2.24) is 14.7 Å². The van der Waals surface area contributed by atoms with Crippen molar-refractivity contribution in [3.63, 3.8) is 0 Å². The predicted octanol–water partition coefficient (Wildman–Crippen LogP) is 5.08. The number of rotatable bonds is 7. The van der Waals surface area contributed by atoms with E-state index < -0.39 is 0 Å². The summed E-state index contributed by atoms with van der Waals surface area (Å²) in [5.41, 5.74) is 8.45. The van der Waals surface area contributed by atoms with Crippen molar-refractivity contribution >= 4 is 17.7 Å². The highest BCUT2D eigenvalue weighted by atomic mass is 32.2. The maximum Gasteiger partial charge on any atom is 0.223 e. The van der Waals surface area contributed by atoms with Crippen molar-refractivity contribution < 1.29 is 4.79 Å². The van der Waals surface area contributed by atoms with E-state index in [4.69, 9.17) is 5.73 Å². The molecule has 2 atom stereocenters. The minimum Gasteiger partial charge on any atom is -0.337 e. The molecule has 0 aliphatic carbocycles. The Labute approximate surface area is 222 Å². The Bertz CT molecular complexity index is 967. The Kier molecular flexibility index (Phi) is 9.15. The molecule has 1 unspecified atom stereocenters. The lowest BCUT2D eigenvalue weighted by Crippen LogP contribution is -2.60. The SMILES string of the molecule is CSc1ccc(C(c2ccccc2)N2CCN(C(=O)CC3CCN(CN)CC3)[C@@H](C(C)(C)C)C2)cc1. The summed E-state index contributed by atoms with van der Waals surface area (Å²) in [5.74, 6) is 0.812. The zero-order chi connectivity index (χ0) is 25.7. The third-order valence-corrected chi connectivity index (χ3v) is 8.82. The van der Waals surface area contributed by atoms with E-state index in [0.717, 1.165) is 45.6 Å².